The van der Waals surface area contributed by atoms with Crippen molar-refractivity contribution in [3.05, 3.63) is 52.3 Å². The first-order valence-electron chi connectivity index (χ1n) is 9.71. The van der Waals surface area contributed by atoms with Crippen LogP contribution in [0.5, 0.6) is 0 Å². The molecule has 2 aromatic heterocycles. The lowest BCUT2D eigenvalue weighted by atomic mass is 10.1. The van der Waals surface area contributed by atoms with Crippen molar-refractivity contribution in [3.8, 4) is 0 Å². The smallest absolute Gasteiger partial charge is 0.263 e. The van der Waals surface area contributed by atoms with Gasteiger partial charge in [-0.15, -0.1) is 11.3 Å². The van der Waals surface area contributed by atoms with E-state index in [1.165, 1.54) is 11.3 Å². The second-order valence-corrected chi connectivity index (χ2v) is 8.17. The molecule has 0 radical (unpaired) electrons. The van der Waals surface area contributed by atoms with Gasteiger partial charge in [0.2, 0.25) is 0 Å². The Hall–Kier alpha value is -2.71. The molecule has 0 atom stereocenters. The summed E-state index contributed by atoms with van der Waals surface area (Å²) in [6, 6.07) is 9.10. The van der Waals surface area contributed by atoms with Crippen molar-refractivity contribution in [2.45, 2.75) is 13.3 Å². The number of benzene rings is 1. The van der Waals surface area contributed by atoms with Crippen molar-refractivity contribution in [1.29, 1.82) is 0 Å². The Bertz CT molecular complexity index is 1040. The van der Waals surface area contributed by atoms with Gasteiger partial charge in [-0.25, -0.2) is 9.37 Å². The fourth-order valence-electron chi connectivity index (χ4n) is 3.51. The average Bonchev–Trinajstić information content (AvgIpc) is 3.05. The van der Waals surface area contributed by atoms with Gasteiger partial charge < -0.3 is 21.3 Å². The summed E-state index contributed by atoms with van der Waals surface area (Å²) in [5.74, 6) is -0.489. The van der Waals surface area contributed by atoms with Crippen molar-refractivity contribution >= 4 is 38.8 Å². The molecular formula is C21H24FN5OS. The van der Waals surface area contributed by atoms with E-state index in [0.29, 0.717) is 29.1 Å². The van der Waals surface area contributed by atoms with Gasteiger partial charge >= 0.3 is 0 Å². The van der Waals surface area contributed by atoms with Gasteiger partial charge in [0.25, 0.3) is 5.91 Å². The van der Waals surface area contributed by atoms with Crippen molar-refractivity contribution < 1.29 is 9.18 Å². The summed E-state index contributed by atoms with van der Waals surface area (Å²) < 4.78 is 14.5. The zero-order valence-corrected chi connectivity index (χ0v) is 17.1. The lowest BCUT2D eigenvalue weighted by Crippen LogP contribution is -2.43. The first-order valence-corrected chi connectivity index (χ1v) is 10.5. The lowest BCUT2D eigenvalue weighted by Gasteiger charge is -2.29. The van der Waals surface area contributed by atoms with Crippen molar-refractivity contribution in [2.24, 2.45) is 0 Å². The van der Waals surface area contributed by atoms with Crippen LogP contribution < -0.4 is 21.3 Å². The number of rotatable bonds is 5. The van der Waals surface area contributed by atoms with E-state index in [1.807, 2.05) is 25.1 Å². The maximum Gasteiger partial charge on any atom is 0.263 e. The number of piperazine rings is 1. The molecule has 1 fully saturated rings. The Kier molecular flexibility index (Phi) is 5.64. The largest absolute Gasteiger partial charge is 0.397 e. The summed E-state index contributed by atoms with van der Waals surface area (Å²) in [6.45, 7) is 5.80. The number of nitrogen functional groups attached to an aromatic ring is 1. The van der Waals surface area contributed by atoms with Crippen LogP contribution in [-0.2, 0) is 6.42 Å². The van der Waals surface area contributed by atoms with Crippen LogP contribution in [0.4, 0.5) is 15.8 Å². The summed E-state index contributed by atoms with van der Waals surface area (Å²) in [5.41, 5.74) is 8.94. The Labute approximate surface area is 172 Å². The van der Waals surface area contributed by atoms with E-state index in [2.05, 4.69) is 20.5 Å². The highest BCUT2D eigenvalue weighted by Gasteiger charge is 2.17. The number of pyridine rings is 1. The van der Waals surface area contributed by atoms with Crippen LogP contribution in [0, 0.1) is 12.7 Å². The van der Waals surface area contributed by atoms with Crippen molar-refractivity contribution in [1.82, 2.24) is 15.6 Å². The minimum Gasteiger partial charge on any atom is -0.397 e. The van der Waals surface area contributed by atoms with E-state index in [9.17, 15) is 9.18 Å². The Morgan fingerprint density at radius 1 is 1.31 bits per heavy atom. The summed E-state index contributed by atoms with van der Waals surface area (Å²) in [7, 11) is 0. The van der Waals surface area contributed by atoms with Gasteiger partial charge in [-0.2, -0.15) is 0 Å². The second kappa shape index (κ2) is 8.34. The SMILES string of the molecule is Cc1ccc2c(N)c(C(=O)NCCc3ccc(N4CCNCC4)cc3F)sc2n1. The fourth-order valence-corrected chi connectivity index (χ4v) is 4.56. The summed E-state index contributed by atoms with van der Waals surface area (Å²) >= 11 is 1.28. The van der Waals surface area contributed by atoms with Crippen LogP contribution in [0.2, 0.25) is 0 Å². The number of halogens is 1. The molecule has 0 spiro atoms. The third-order valence-electron chi connectivity index (χ3n) is 5.14. The number of fused-ring (bicyclic) bond motifs is 1. The zero-order valence-electron chi connectivity index (χ0n) is 16.3. The monoisotopic (exact) mass is 413 g/mol. The first-order chi connectivity index (χ1) is 14.0. The zero-order chi connectivity index (χ0) is 20.4. The van der Waals surface area contributed by atoms with Crippen molar-refractivity contribution in [3.63, 3.8) is 0 Å². The predicted octanol–water partition coefficient (Wildman–Crippen LogP) is 2.71. The number of aryl methyl sites for hydroxylation is 1. The molecule has 1 amide bonds. The molecule has 3 aromatic rings. The lowest BCUT2D eigenvalue weighted by molar-refractivity contribution is 0.0959. The van der Waals surface area contributed by atoms with Crippen LogP contribution in [0.25, 0.3) is 10.2 Å². The minimum atomic E-state index is -0.249. The number of nitrogens with zero attached hydrogens (tertiary/aromatic N) is 2. The van der Waals surface area contributed by atoms with Gasteiger partial charge in [0, 0.05) is 49.5 Å². The molecule has 1 aromatic carbocycles. The van der Waals surface area contributed by atoms with Gasteiger partial charge in [0.1, 0.15) is 15.5 Å². The van der Waals surface area contributed by atoms with Gasteiger partial charge in [0.15, 0.2) is 0 Å². The van der Waals surface area contributed by atoms with Crippen LogP contribution in [0.1, 0.15) is 20.9 Å². The maximum atomic E-state index is 14.5. The van der Waals surface area contributed by atoms with Gasteiger partial charge in [0.05, 0.1) is 5.69 Å². The molecule has 0 saturated carbocycles. The molecule has 152 valence electrons. The maximum absolute atomic E-state index is 14.5. The Balaban J connectivity index is 1.38. The minimum absolute atomic E-state index is 0.240. The third kappa shape index (κ3) is 4.18. The first kappa shape index (κ1) is 19.6. The number of carbonyl (C=O) groups is 1. The van der Waals surface area contributed by atoms with Gasteiger partial charge in [-0.3, -0.25) is 4.79 Å². The summed E-state index contributed by atoms with van der Waals surface area (Å²) in [5, 5.41) is 6.93. The number of aromatic nitrogens is 1. The highest BCUT2D eigenvalue weighted by Crippen LogP contribution is 2.32. The molecule has 0 bridgehead atoms. The number of nitrogens with one attached hydrogen (secondary N) is 2. The highest BCUT2D eigenvalue weighted by atomic mass is 32.1. The van der Waals surface area contributed by atoms with E-state index in [0.717, 1.165) is 47.8 Å². The number of hydrogen-bond acceptors (Lipinski definition) is 6. The van der Waals surface area contributed by atoms with E-state index in [4.69, 9.17) is 5.73 Å². The highest BCUT2D eigenvalue weighted by molar-refractivity contribution is 7.21. The standard InChI is InChI=1S/C21H24FN5OS/c1-13-2-5-16-18(23)19(29-21(16)26-13)20(28)25-7-6-14-3-4-15(12-17(14)22)27-10-8-24-9-11-27/h2-5,12,24H,6-11,23H2,1H3,(H,25,28). The van der Waals surface area contributed by atoms with Crippen LogP contribution in [-0.4, -0.2) is 43.6 Å². The molecule has 1 aliphatic heterocycles. The van der Waals surface area contributed by atoms with Crippen molar-refractivity contribution in [2.75, 3.05) is 43.4 Å². The predicted molar refractivity (Wildman–Crippen MR) is 116 cm³/mol. The number of carbonyl (C=O) groups excluding carboxylic acids is 1. The molecule has 4 N–H and O–H groups in total. The molecule has 6 nitrogen and oxygen atoms in total. The molecule has 1 saturated heterocycles. The number of amides is 1. The third-order valence-corrected chi connectivity index (χ3v) is 6.25. The Morgan fingerprint density at radius 2 is 2.10 bits per heavy atom. The average molecular weight is 414 g/mol. The molecule has 1 aliphatic rings. The van der Waals surface area contributed by atoms with Gasteiger partial charge in [-0.05, 0) is 43.2 Å². The quantitative estimate of drug-likeness (QED) is 0.599. The van der Waals surface area contributed by atoms with Crippen LogP contribution in [0.3, 0.4) is 0 Å². The van der Waals surface area contributed by atoms with Crippen LogP contribution >= 0.6 is 11.3 Å². The van der Waals surface area contributed by atoms with E-state index in [1.54, 1.807) is 12.1 Å². The molecule has 3 heterocycles. The molecule has 4 rings (SSSR count). The molecular weight excluding hydrogens is 389 g/mol. The molecule has 0 unspecified atom stereocenters. The Morgan fingerprint density at radius 3 is 2.86 bits per heavy atom. The number of hydrogen-bond donors (Lipinski definition) is 3. The second-order valence-electron chi connectivity index (χ2n) is 7.17. The van der Waals surface area contributed by atoms with E-state index < -0.39 is 0 Å². The van der Waals surface area contributed by atoms with Gasteiger partial charge in [-0.1, -0.05) is 6.07 Å². The topological polar surface area (TPSA) is 83.3 Å². The summed E-state index contributed by atoms with van der Waals surface area (Å²) in [6.07, 6.45) is 0.418. The fraction of sp³-hybridized carbons (Fsp3) is 0.333. The molecule has 0 aliphatic carbocycles. The number of thiophene rings is 1. The molecule has 8 heteroatoms. The van der Waals surface area contributed by atoms with E-state index >= 15 is 0 Å². The normalized spacial score (nSPS) is 14.3. The van der Waals surface area contributed by atoms with E-state index in [-0.39, 0.29) is 11.7 Å². The number of anilines is 2. The summed E-state index contributed by atoms with van der Waals surface area (Å²) in [4.78, 5) is 20.3. The van der Waals surface area contributed by atoms with Crippen LogP contribution in [0.15, 0.2) is 30.3 Å². The number of nitrogens with two attached hydrogens (primary N) is 1. The molecule has 29 heavy (non-hydrogen) atoms.